The summed E-state index contributed by atoms with van der Waals surface area (Å²) in [6.07, 6.45) is 2.57. The van der Waals surface area contributed by atoms with Gasteiger partial charge in [-0.2, -0.15) is 0 Å². The molecule has 4 nitrogen and oxygen atoms in total. The number of ketones is 1. The van der Waals surface area contributed by atoms with Gasteiger partial charge in [0.15, 0.2) is 0 Å². The van der Waals surface area contributed by atoms with Crippen LogP contribution in [0.3, 0.4) is 0 Å². The summed E-state index contributed by atoms with van der Waals surface area (Å²) >= 11 is 0. The molecule has 0 aliphatic heterocycles. The molecule has 0 spiro atoms. The van der Waals surface area contributed by atoms with Crippen molar-refractivity contribution < 1.29 is 13.2 Å². The fourth-order valence-corrected chi connectivity index (χ4v) is 1.92. The molecule has 0 radical (unpaired) electrons. The van der Waals surface area contributed by atoms with Crippen molar-refractivity contribution in [3.8, 4) is 0 Å². The first kappa shape index (κ1) is 14.6. The van der Waals surface area contributed by atoms with E-state index in [4.69, 9.17) is 5.73 Å². The van der Waals surface area contributed by atoms with E-state index >= 15 is 0 Å². The molecule has 0 aromatic heterocycles. The molecule has 0 aliphatic rings. The van der Waals surface area contributed by atoms with E-state index in [9.17, 15) is 13.2 Å². The topological polar surface area (TPSA) is 77.2 Å². The minimum absolute atomic E-state index is 0.0659. The Kier molecular flexibility index (Phi) is 5.45. The Balaban J connectivity index is 4.15. The number of Topliss-reactive ketones (excluding diaryl/α,β-unsaturated/α-hetero) is 1. The Morgan fingerprint density at radius 1 is 1.40 bits per heavy atom. The van der Waals surface area contributed by atoms with Gasteiger partial charge in [-0.15, -0.1) is 0 Å². The van der Waals surface area contributed by atoms with Crippen molar-refractivity contribution >= 4 is 15.6 Å². The summed E-state index contributed by atoms with van der Waals surface area (Å²) in [5.41, 5.74) is 5.05. The van der Waals surface area contributed by atoms with Crippen molar-refractivity contribution in [1.29, 1.82) is 0 Å². The summed E-state index contributed by atoms with van der Waals surface area (Å²) in [7, 11) is -2.96. The van der Waals surface area contributed by atoms with Gasteiger partial charge < -0.3 is 5.73 Å². The molecule has 2 N–H and O–H groups in total. The number of hydrogen-bond acceptors (Lipinski definition) is 4. The van der Waals surface area contributed by atoms with E-state index in [0.717, 1.165) is 0 Å². The lowest BCUT2D eigenvalue weighted by Crippen LogP contribution is -2.35. The molecular formula is C10H21NO3S. The van der Waals surface area contributed by atoms with Crippen molar-refractivity contribution in [2.24, 2.45) is 11.1 Å². The zero-order valence-corrected chi connectivity index (χ0v) is 10.6. The molecule has 0 aromatic rings. The molecule has 0 aromatic carbocycles. The highest BCUT2D eigenvalue weighted by Gasteiger charge is 2.28. The smallest absolute Gasteiger partial charge is 0.147 e. The third kappa shape index (κ3) is 5.28. The summed E-state index contributed by atoms with van der Waals surface area (Å²) in [6.45, 7) is 4.07. The first-order chi connectivity index (χ1) is 6.75. The van der Waals surface area contributed by atoms with Crippen molar-refractivity contribution in [3.63, 3.8) is 0 Å². The molecular weight excluding hydrogens is 214 g/mol. The Morgan fingerprint density at radius 2 is 1.93 bits per heavy atom. The minimum Gasteiger partial charge on any atom is -0.329 e. The molecule has 0 rings (SSSR count). The highest BCUT2D eigenvalue weighted by molar-refractivity contribution is 7.90. The van der Waals surface area contributed by atoms with Crippen LogP contribution in [0, 0.1) is 5.41 Å². The van der Waals surface area contributed by atoms with Crippen LogP contribution in [0.25, 0.3) is 0 Å². The van der Waals surface area contributed by atoms with E-state index in [-0.39, 0.29) is 11.5 Å². The number of nitrogens with two attached hydrogens (primary N) is 1. The van der Waals surface area contributed by atoms with Crippen LogP contribution in [0.2, 0.25) is 0 Å². The lowest BCUT2D eigenvalue weighted by molar-refractivity contribution is -0.127. The molecule has 90 valence electrons. The lowest BCUT2D eigenvalue weighted by atomic mass is 9.81. The zero-order chi connectivity index (χ0) is 12.1. The first-order valence-corrected chi connectivity index (χ1v) is 7.22. The quantitative estimate of drug-likeness (QED) is 0.706. The predicted molar refractivity (Wildman–Crippen MR) is 61.4 cm³/mol. The molecule has 15 heavy (non-hydrogen) atoms. The Bertz CT molecular complexity index is 305. The van der Waals surface area contributed by atoms with Gasteiger partial charge in [0.2, 0.25) is 0 Å². The van der Waals surface area contributed by atoms with Gasteiger partial charge in [-0.25, -0.2) is 8.42 Å². The molecule has 0 heterocycles. The Morgan fingerprint density at radius 3 is 2.27 bits per heavy atom. The van der Waals surface area contributed by atoms with Gasteiger partial charge in [0.1, 0.15) is 15.6 Å². The molecule has 5 heteroatoms. The second-order valence-electron chi connectivity index (χ2n) is 4.27. The van der Waals surface area contributed by atoms with Crippen LogP contribution in [0.1, 0.15) is 33.1 Å². The van der Waals surface area contributed by atoms with Crippen LogP contribution in [0.5, 0.6) is 0 Å². The normalized spacial score (nSPS) is 16.0. The standard InChI is InChI=1S/C10H21NO3S/c1-4-10(2,8-11)9(12)6-5-7-15(3,13)14/h4-8,11H2,1-3H3. The number of rotatable bonds is 7. The fraction of sp³-hybridized carbons (Fsp3) is 0.900. The van der Waals surface area contributed by atoms with Crippen molar-refractivity contribution in [1.82, 2.24) is 0 Å². The predicted octanol–water partition coefficient (Wildman–Crippen LogP) is 0.755. The van der Waals surface area contributed by atoms with Crippen LogP contribution < -0.4 is 5.73 Å². The first-order valence-electron chi connectivity index (χ1n) is 5.16. The summed E-state index contributed by atoms with van der Waals surface area (Å²) in [4.78, 5) is 11.7. The highest BCUT2D eigenvalue weighted by atomic mass is 32.2. The molecule has 0 amide bonds. The summed E-state index contributed by atoms with van der Waals surface area (Å²) in [6, 6.07) is 0. The van der Waals surface area contributed by atoms with Crippen molar-refractivity contribution in [3.05, 3.63) is 0 Å². The van der Waals surface area contributed by atoms with Crippen molar-refractivity contribution in [2.75, 3.05) is 18.6 Å². The van der Waals surface area contributed by atoms with E-state index < -0.39 is 15.3 Å². The minimum atomic E-state index is -2.96. The number of hydrogen-bond donors (Lipinski definition) is 1. The number of carbonyl (C=O) groups is 1. The Labute approximate surface area is 92.2 Å². The van der Waals surface area contributed by atoms with Gasteiger partial charge in [-0.1, -0.05) is 13.8 Å². The maximum absolute atomic E-state index is 11.7. The van der Waals surface area contributed by atoms with Crippen LogP contribution >= 0.6 is 0 Å². The van der Waals surface area contributed by atoms with Crippen LogP contribution in [0.4, 0.5) is 0 Å². The van der Waals surface area contributed by atoms with Gasteiger partial charge in [-0.05, 0) is 12.8 Å². The van der Waals surface area contributed by atoms with Gasteiger partial charge in [0, 0.05) is 24.6 Å². The van der Waals surface area contributed by atoms with E-state index in [0.29, 0.717) is 25.8 Å². The SMILES string of the molecule is CCC(C)(CN)C(=O)CCCS(C)(=O)=O. The van der Waals surface area contributed by atoms with Crippen molar-refractivity contribution in [2.45, 2.75) is 33.1 Å². The summed E-state index contributed by atoms with van der Waals surface area (Å²) < 4.78 is 21.7. The molecule has 1 atom stereocenters. The molecule has 0 saturated heterocycles. The molecule has 0 saturated carbocycles. The third-order valence-corrected chi connectivity index (χ3v) is 3.85. The van der Waals surface area contributed by atoms with Gasteiger partial charge in [0.05, 0.1) is 5.75 Å². The Hall–Kier alpha value is -0.420. The number of sulfone groups is 1. The second-order valence-corrected chi connectivity index (χ2v) is 6.53. The van der Waals surface area contributed by atoms with E-state index in [1.807, 2.05) is 13.8 Å². The van der Waals surface area contributed by atoms with Gasteiger partial charge in [0.25, 0.3) is 0 Å². The molecule has 0 bridgehead atoms. The van der Waals surface area contributed by atoms with E-state index in [1.165, 1.54) is 6.26 Å². The van der Waals surface area contributed by atoms with Crippen LogP contribution in [-0.2, 0) is 14.6 Å². The summed E-state index contributed by atoms with van der Waals surface area (Å²) in [5, 5.41) is 0. The zero-order valence-electron chi connectivity index (χ0n) is 9.75. The average Bonchev–Trinajstić information content (AvgIpc) is 2.14. The monoisotopic (exact) mass is 235 g/mol. The fourth-order valence-electron chi connectivity index (χ4n) is 1.25. The number of carbonyl (C=O) groups excluding carboxylic acids is 1. The average molecular weight is 235 g/mol. The maximum atomic E-state index is 11.7. The van der Waals surface area contributed by atoms with Crippen LogP contribution in [-0.4, -0.2) is 32.8 Å². The van der Waals surface area contributed by atoms with Gasteiger partial charge >= 0.3 is 0 Å². The maximum Gasteiger partial charge on any atom is 0.147 e. The largest absolute Gasteiger partial charge is 0.329 e. The molecule has 1 unspecified atom stereocenters. The highest BCUT2D eigenvalue weighted by Crippen LogP contribution is 2.22. The molecule has 0 fully saturated rings. The van der Waals surface area contributed by atoms with Gasteiger partial charge in [-0.3, -0.25) is 4.79 Å². The third-order valence-electron chi connectivity index (χ3n) is 2.82. The lowest BCUT2D eigenvalue weighted by Gasteiger charge is -2.24. The summed E-state index contributed by atoms with van der Waals surface area (Å²) in [5.74, 6) is 0.138. The van der Waals surface area contributed by atoms with E-state index in [1.54, 1.807) is 0 Å². The van der Waals surface area contributed by atoms with E-state index in [2.05, 4.69) is 0 Å². The van der Waals surface area contributed by atoms with Crippen LogP contribution in [0.15, 0.2) is 0 Å². The second kappa shape index (κ2) is 5.61. The molecule has 0 aliphatic carbocycles.